The predicted molar refractivity (Wildman–Crippen MR) is 36.7 cm³/mol. The number of hydrogen-bond donors (Lipinski definition) is 2. The number of aliphatic imine (C=N–C) groups is 1. The van der Waals surface area contributed by atoms with Crippen molar-refractivity contribution in [3.63, 3.8) is 0 Å². The highest BCUT2D eigenvalue weighted by atomic mass is 16.4. The van der Waals surface area contributed by atoms with Crippen molar-refractivity contribution in [3.05, 3.63) is 12.0 Å². The van der Waals surface area contributed by atoms with Crippen molar-refractivity contribution in [1.29, 1.82) is 0 Å². The monoisotopic (exact) mass is 140 g/mol. The van der Waals surface area contributed by atoms with Crippen molar-refractivity contribution in [2.24, 2.45) is 16.5 Å². The van der Waals surface area contributed by atoms with Crippen LogP contribution in [0.3, 0.4) is 0 Å². The maximum Gasteiger partial charge on any atom is 0.324 e. The summed E-state index contributed by atoms with van der Waals surface area (Å²) in [5.41, 5.74) is 10.9. The van der Waals surface area contributed by atoms with Crippen LogP contribution in [0.4, 0.5) is 6.01 Å². The van der Waals surface area contributed by atoms with Gasteiger partial charge in [-0.05, 0) is 6.92 Å². The van der Waals surface area contributed by atoms with Crippen molar-refractivity contribution >= 4 is 12.0 Å². The average Bonchev–Trinajstić information content (AvgIpc) is 2.13. The zero-order chi connectivity index (χ0) is 7.56. The van der Waals surface area contributed by atoms with Crippen LogP contribution in [0, 0.1) is 6.92 Å². The molecule has 0 aliphatic heterocycles. The fourth-order valence-corrected chi connectivity index (χ4v) is 0.503. The van der Waals surface area contributed by atoms with Crippen LogP contribution in [0.15, 0.2) is 15.7 Å². The zero-order valence-corrected chi connectivity index (χ0v) is 5.53. The van der Waals surface area contributed by atoms with E-state index >= 15 is 0 Å². The Morgan fingerprint density at radius 3 is 2.80 bits per heavy atom. The van der Waals surface area contributed by atoms with Crippen LogP contribution in [0.1, 0.15) is 5.69 Å². The fraction of sp³-hybridized carbons (Fsp3) is 0.200. The maximum atomic E-state index is 5.06. The number of hydrogen-bond acceptors (Lipinski definition) is 3. The van der Waals surface area contributed by atoms with E-state index in [-0.39, 0.29) is 12.0 Å². The minimum Gasteiger partial charge on any atom is -0.430 e. The molecule has 0 saturated heterocycles. The average molecular weight is 140 g/mol. The molecular weight excluding hydrogens is 132 g/mol. The van der Waals surface area contributed by atoms with Crippen molar-refractivity contribution < 1.29 is 4.42 Å². The Labute approximate surface area is 57.8 Å². The Morgan fingerprint density at radius 2 is 2.40 bits per heavy atom. The summed E-state index contributed by atoms with van der Waals surface area (Å²) in [5, 5.41) is 0. The Bertz CT molecular complexity index is 248. The second-order valence-electron chi connectivity index (χ2n) is 1.81. The second-order valence-corrected chi connectivity index (χ2v) is 1.81. The molecular formula is C5H8N4O. The first-order valence-electron chi connectivity index (χ1n) is 2.70. The molecule has 0 amide bonds. The zero-order valence-electron chi connectivity index (χ0n) is 5.53. The number of nitrogens with zero attached hydrogens (tertiary/aromatic N) is 2. The summed E-state index contributed by atoms with van der Waals surface area (Å²) in [7, 11) is 0. The summed E-state index contributed by atoms with van der Waals surface area (Å²) < 4.78 is 4.82. The van der Waals surface area contributed by atoms with Gasteiger partial charge in [-0.15, -0.1) is 0 Å². The van der Waals surface area contributed by atoms with Crippen molar-refractivity contribution in [3.8, 4) is 0 Å². The Balaban J connectivity index is 2.86. The quantitative estimate of drug-likeness (QED) is 0.420. The lowest BCUT2D eigenvalue weighted by Crippen LogP contribution is -2.21. The summed E-state index contributed by atoms with van der Waals surface area (Å²) in [6, 6.07) is 0.192. The molecule has 0 saturated carbocycles. The van der Waals surface area contributed by atoms with E-state index in [0.717, 1.165) is 5.69 Å². The maximum absolute atomic E-state index is 5.06. The molecule has 1 aromatic rings. The summed E-state index contributed by atoms with van der Waals surface area (Å²) >= 11 is 0. The molecule has 5 nitrogen and oxygen atoms in total. The lowest BCUT2D eigenvalue weighted by Gasteiger charge is -1.83. The Hall–Kier alpha value is -1.52. The van der Waals surface area contributed by atoms with Gasteiger partial charge in [0, 0.05) is 0 Å². The van der Waals surface area contributed by atoms with E-state index < -0.39 is 0 Å². The van der Waals surface area contributed by atoms with Gasteiger partial charge >= 0.3 is 6.01 Å². The highest BCUT2D eigenvalue weighted by molar-refractivity contribution is 5.77. The normalized spacial score (nSPS) is 9.30. The highest BCUT2D eigenvalue weighted by Gasteiger charge is 1.95. The van der Waals surface area contributed by atoms with Gasteiger partial charge in [-0.1, -0.05) is 0 Å². The first-order valence-corrected chi connectivity index (χ1v) is 2.70. The van der Waals surface area contributed by atoms with Crippen LogP contribution in [0.25, 0.3) is 0 Å². The van der Waals surface area contributed by atoms with Gasteiger partial charge < -0.3 is 15.9 Å². The van der Waals surface area contributed by atoms with E-state index in [1.165, 1.54) is 6.26 Å². The summed E-state index contributed by atoms with van der Waals surface area (Å²) in [6.07, 6.45) is 1.47. The number of nitrogens with two attached hydrogens (primary N) is 2. The topological polar surface area (TPSA) is 90.4 Å². The van der Waals surface area contributed by atoms with Gasteiger partial charge in [0.1, 0.15) is 6.26 Å². The van der Waals surface area contributed by atoms with Gasteiger partial charge in [0.05, 0.1) is 5.69 Å². The van der Waals surface area contributed by atoms with E-state index in [0.29, 0.717) is 0 Å². The minimum absolute atomic E-state index is 0.0538. The molecule has 1 aromatic heterocycles. The highest BCUT2D eigenvalue weighted by Crippen LogP contribution is 2.08. The SMILES string of the molecule is Cc1coc(N=C(N)N)n1. The molecule has 1 rings (SSSR count). The third kappa shape index (κ3) is 1.48. The van der Waals surface area contributed by atoms with Crippen LogP contribution in [-0.2, 0) is 0 Å². The molecule has 0 atom stereocenters. The number of oxazole rings is 1. The minimum atomic E-state index is -0.0538. The standard InChI is InChI=1S/C5H8N4O/c1-3-2-10-5(8-3)9-4(6)7/h2H,1H3,(H4,6,7,8,9). The van der Waals surface area contributed by atoms with Crippen LogP contribution < -0.4 is 11.5 Å². The fourth-order valence-electron chi connectivity index (χ4n) is 0.503. The van der Waals surface area contributed by atoms with Crippen molar-refractivity contribution in [2.75, 3.05) is 0 Å². The largest absolute Gasteiger partial charge is 0.430 e. The summed E-state index contributed by atoms with van der Waals surface area (Å²) in [4.78, 5) is 7.41. The molecule has 10 heavy (non-hydrogen) atoms. The molecule has 1 heterocycles. The predicted octanol–water partition coefficient (Wildman–Crippen LogP) is -0.112. The number of guanidine groups is 1. The third-order valence-electron chi connectivity index (χ3n) is 0.832. The first kappa shape index (κ1) is 6.60. The molecule has 0 aromatic carbocycles. The van der Waals surface area contributed by atoms with Crippen LogP contribution in [-0.4, -0.2) is 10.9 Å². The van der Waals surface area contributed by atoms with Gasteiger partial charge in [0.15, 0.2) is 5.96 Å². The lowest BCUT2D eigenvalue weighted by atomic mass is 10.6. The molecule has 54 valence electrons. The second kappa shape index (κ2) is 2.38. The van der Waals surface area contributed by atoms with Crippen molar-refractivity contribution in [2.45, 2.75) is 6.92 Å². The molecule has 0 bridgehead atoms. The molecule has 4 N–H and O–H groups in total. The molecule has 5 heteroatoms. The number of aromatic nitrogens is 1. The molecule has 0 spiro atoms. The molecule has 0 radical (unpaired) electrons. The van der Waals surface area contributed by atoms with E-state index in [2.05, 4.69) is 9.98 Å². The summed E-state index contributed by atoms with van der Waals surface area (Å²) in [5.74, 6) is -0.0538. The van der Waals surface area contributed by atoms with Crippen LogP contribution in [0.2, 0.25) is 0 Å². The van der Waals surface area contributed by atoms with E-state index in [1.807, 2.05) is 0 Å². The number of rotatable bonds is 1. The van der Waals surface area contributed by atoms with Crippen LogP contribution >= 0.6 is 0 Å². The Kier molecular flexibility index (Phi) is 1.57. The van der Waals surface area contributed by atoms with E-state index in [1.54, 1.807) is 6.92 Å². The van der Waals surface area contributed by atoms with E-state index in [4.69, 9.17) is 15.9 Å². The van der Waals surface area contributed by atoms with Gasteiger partial charge in [0.25, 0.3) is 0 Å². The van der Waals surface area contributed by atoms with Gasteiger partial charge in [-0.25, -0.2) is 0 Å². The first-order chi connectivity index (χ1) is 4.68. The van der Waals surface area contributed by atoms with Gasteiger partial charge in [0.2, 0.25) is 0 Å². The van der Waals surface area contributed by atoms with Gasteiger partial charge in [-0.2, -0.15) is 9.98 Å². The van der Waals surface area contributed by atoms with Crippen molar-refractivity contribution in [1.82, 2.24) is 4.98 Å². The molecule has 0 unspecified atom stereocenters. The van der Waals surface area contributed by atoms with Crippen LogP contribution in [0.5, 0.6) is 0 Å². The molecule has 0 fully saturated rings. The summed E-state index contributed by atoms with van der Waals surface area (Å²) in [6.45, 7) is 1.79. The van der Waals surface area contributed by atoms with Gasteiger partial charge in [-0.3, -0.25) is 0 Å². The third-order valence-corrected chi connectivity index (χ3v) is 0.832. The van der Waals surface area contributed by atoms with E-state index in [9.17, 15) is 0 Å². The smallest absolute Gasteiger partial charge is 0.324 e. The Morgan fingerprint density at radius 1 is 1.70 bits per heavy atom. The molecule has 0 aliphatic carbocycles. The molecule has 0 aliphatic rings. The number of aryl methyl sites for hydroxylation is 1. The lowest BCUT2D eigenvalue weighted by molar-refractivity contribution is 0.568.